The maximum atomic E-state index is 14.5. The highest BCUT2D eigenvalue weighted by molar-refractivity contribution is 6.00. The van der Waals surface area contributed by atoms with Crippen molar-refractivity contribution < 1.29 is 22.4 Å². The third-order valence-corrected chi connectivity index (χ3v) is 4.83. The molecule has 0 radical (unpaired) electrons. The standard InChI is InChI=1S/C21H19F4N5O/c1-13(7-8-17-28-11-14(12-29-17)21(23,24)25)30(2)20(31)15-5-3-6-16(22)18(15)19-26-9-4-10-27-19/h3-6,9-13H,7-8H2,1-2H3/t13-/m0/s1. The lowest BCUT2D eigenvalue weighted by Crippen LogP contribution is -2.36. The molecule has 0 saturated heterocycles. The number of rotatable bonds is 6. The van der Waals surface area contributed by atoms with Crippen LogP contribution >= 0.6 is 0 Å². The highest BCUT2D eigenvalue weighted by Crippen LogP contribution is 2.28. The minimum atomic E-state index is -4.50. The van der Waals surface area contributed by atoms with Gasteiger partial charge in [-0.1, -0.05) is 6.07 Å². The van der Waals surface area contributed by atoms with E-state index in [0.29, 0.717) is 6.42 Å². The van der Waals surface area contributed by atoms with E-state index < -0.39 is 23.5 Å². The van der Waals surface area contributed by atoms with Crippen LogP contribution < -0.4 is 0 Å². The van der Waals surface area contributed by atoms with Crippen molar-refractivity contribution in [2.75, 3.05) is 7.05 Å². The summed E-state index contributed by atoms with van der Waals surface area (Å²) in [5, 5.41) is 0. The highest BCUT2D eigenvalue weighted by atomic mass is 19.4. The van der Waals surface area contributed by atoms with E-state index in [1.165, 1.54) is 35.5 Å². The molecule has 6 nitrogen and oxygen atoms in total. The first kappa shape index (κ1) is 22.3. The van der Waals surface area contributed by atoms with Crippen molar-refractivity contribution >= 4 is 5.91 Å². The second kappa shape index (κ2) is 9.15. The van der Waals surface area contributed by atoms with Gasteiger partial charge in [0.25, 0.3) is 5.91 Å². The van der Waals surface area contributed by atoms with Crippen molar-refractivity contribution in [1.82, 2.24) is 24.8 Å². The second-order valence-corrected chi connectivity index (χ2v) is 6.92. The maximum Gasteiger partial charge on any atom is 0.419 e. The molecule has 0 saturated carbocycles. The number of hydrogen-bond donors (Lipinski definition) is 0. The molecule has 3 rings (SSSR count). The van der Waals surface area contributed by atoms with Crippen LogP contribution in [0.25, 0.3) is 11.4 Å². The number of aryl methyl sites for hydroxylation is 1. The van der Waals surface area contributed by atoms with Crippen LogP contribution in [0.5, 0.6) is 0 Å². The Bertz CT molecular complexity index is 1040. The molecule has 0 aliphatic carbocycles. The van der Waals surface area contributed by atoms with Crippen LogP contribution in [-0.4, -0.2) is 43.8 Å². The summed E-state index contributed by atoms with van der Waals surface area (Å²) in [4.78, 5) is 30.0. The molecule has 0 spiro atoms. The second-order valence-electron chi connectivity index (χ2n) is 6.92. The predicted octanol–water partition coefficient (Wildman–Crippen LogP) is 4.18. The number of aromatic nitrogens is 4. The summed E-state index contributed by atoms with van der Waals surface area (Å²) in [6, 6.07) is 5.44. The van der Waals surface area contributed by atoms with E-state index in [9.17, 15) is 22.4 Å². The number of halogens is 4. The van der Waals surface area contributed by atoms with E-state index >= 15 is 0 Å². The minimum absolute atomic E-state index is 0.0122. The zero-order chi connectivity index (χ0) is 22.6. The van der Waals surface area contributed by atoms with Crippen LogP contribution in [0.15, 0.2) is 49.1 Å². The minimum Gasteiger partial charge on any atom is -0.339 e. The fourth-order valence-corrected chi connectivity index (χ4v) is 2.91. The molecule has 162 valence electrons. The molecule has 1 amide bonds. The molecule has 10 heteroatoms. The Labute approximate surface area is 176 Å². The van der Waals surface area contributed by atoms with E-state index in [2.05, 4.69) is 19.9 Å². The molecule has 0 aliphatic rings. The van der Waals surface area contributed by atoms with Crippen molar-refractivity contribution in [1.29, 1.82) is 0 Å². The molecule has 0 aliphatic heterocycles. The van der Waals surface area contributed by atoms with E-state index in [1.807, 2.05) is 0 Å². The molecule has 1 atom stereocenters. The zero-order valence-electron chi connectivity index (χ0n) is 16.8. The Morgan fingerprint density at radius 3 is 2.32 bits per heavy atom. The molecule has 0 fully saturated rings. The first-order valence-corrected chi connectivity index (χ1v) is 9.39. The van der Waals surface area contributed by atoms with E-state index in [0.717, 1.165) is 12.4 Å². The van der Waals surface area contributed by atoms with Gasteiger partial charge < -0.3 is 4.90 Å². The molecule has 2 aromatic heterocycles. The lowest BCUT2D eigenvalue weighted by atomic mass is 10.0. The molecule has 0 unspecified atom stereocenters. The van der Waals surface area contributed by atoms with Crippen LogP contribution in [0, 0.1) is 5.82 Å². The summed E-state index contributed by atoms with van der Waals surface area (Å²) >= 11 is 0. The molecule has 0 N–H and O–H groups in total. The molecular weight excluding hydrogens is 414 g/mol. The normalized spacial score (nSPS) is 12.5. The van der Waals surface area contributed by atoms with Crippen molar-refractivity contribution in [2.45, 2.75) is 32.0 Å². The number of carbonyl (C=O) groups excluding carboxylic acids is 1. The molecule has 1 aromatic carbocycles. The third kappa shape index (κ3) is 5.19. The fraction of sp³-hybridized carbons (Fsp3) is 0.286. The number of alkyl halides is 3. The predicted molar refractivity (Wildman–Crippen MR) is 104 cm³/mol. The van der Waals surface area contributed by atoms with Gasteiger partial charge in [-0.15, -0.1) is 0 Å². The van der Waals surface area contributed by atoms with Crippen molar-refractivity contribution in [2.24, 2.45) is 0 Å². The summed E-state index contributed by atoms with van der Waals surface area (Å²) < 4.78 is 52.3. The molecule has 0 bridgehead atoms. The number of hydrogen-bond acceptors (Lipinski definition) is 5. The lowest BCUT2D eigenvalue weighted by molar-refractivity contribution is -0.138. The Kier molecular flexibility index (Phi) is 6.57. The summed E-state index contributed by atoms with van der Waals surface area (Å²) in [5.74, 6) is -0.702. The average molecular weight is 433 g/mol. The van der Waals surface area contributed by atoms with Crippen LogP contribution in [0.4, 0.5) is 17.6 Å². The van der Waals surface area contributed by atoms with Crippen molar-refractivity contribution in [3.63, 3.8) is 0 Å². The van der Waals surface area contributed by atoms with E-state index in [1.54, 1.807) is 20.0 Å². The topological polar surface area (TPSA) is 71.9 Å². The van der Waals surface area contributed by atoms with Crippen LogP contribution in [0.1, 0.15) is 35.1 Å². The van der Waals surface area contributed by atoms with Gasteiger partial charge in [-0.3, -0.25) is 4.79 Å². The summed E-state index contributed by atoms with van der Waals surface area (Å²) in [7, 11) is 1.57. The molecule has 31 heavy (non-hydrogen) atoms. The van der Waals surface area contributed by atoms with Gasteiger partial charge in [0.1, 0.15) is 11.6 Å². The summed E-state index contributed by atoms with van der Waals surface area (Å²) in [6.07, 6.45) is 0.568. The summed E-state index contributed by atoms with van der Waals surface area (Å²) in [5.41, 5.74) is -0.789. The monoisotopic (exact) mass is 433 g/mol. The Morgan fingerprint density at radius 1 is 1.06 bits per heavy atom. The lowest BCUT2D eigenvalue weighted by Gasteiger charge is -2.26. The SMILES string of the molecule is C[C@@H](CCc1ncc(C(F)(F)F)cn1)N(C)C(=O)c1cccc(F)c1-c1ncccn1. The van der Waals surface area contributed by atoms with Crippen LogP contribution in [0.3, 0.4) is 0 Å². The fourth-order valence-electron chi connectivity index (χ4n) is 2.91. The first-order chi connectivity index (χ1) is 14.7. The number of benzene rings is 1. The first-order valence-electron chi connectivity index (χ1n) is 9.39. The third-order valence-electron chi connectivity index (χ3n) is 4.83. The number of amides is 1. The number of nitrogens with zero attached hydrogens (tertiary/aromatic N) is 5. The molecule has 2 heterocycles. The average Bonchev–Trinajstić information content (AvgIpc) is 2.76. The molecular formula is C21H19F4N5O. The summed E-state index contributed by atoms with van der Waals surface area (Å²) in [6.45, 7) is 1.78. The maximum absolute atomic E-state index is 14.5. The van der Waals surface area contributed by atoms with E-state index in [-0.39, 0.29) is 35.2 Å². The van der Waals surface area contributed by atoms with Gasteiger partial charge in [0.15, 0.2) is 5.82 Å². The van der Waals surface area contributed by atoms with E-state index in [4.69, 9.17) is 0 Å². The van der Waals surface area contributed by atoms with Gasteiger partial charge in [0.2, 0.25) is 0 Å². The van der Waals surface area contributed by atoms with Gasteiger partial charge in [-0.25, -0.2) is 24.3 Å². The van der Waals surface area contributed by atoms with Gasteiger partial charge in [-0.2, -0.15) is 13.2 Å². The van der Waals surface area contributed by atoms with Crippen LogP contribution in [-0.2, 0) is 12.6 Å². The van der Waals surface area contributed by atoms with Gasteiger partial charge >= 0.3 is 6.18 Å². The molecule has 3 aromatic rings. The Balaban J connectivity index is 1.72. The largest absolute Gasteiger partial charge is 0.419 e. The number of carbonyl (C=O) groups is 1. The highest BCUT2D eigenvalue weighted by Gasteiger charge is 2.31. The van der Waals surface area contributed by atoms with Crippen LogP contribution in [0.2, 0.25) is 0 Å². The quantitative estimate of drug-likeness (QED) is 0.546. The van der Waals surface area contributed by atoms with Gasteiger partial charge in [0, 0.05) is 44.3 Å². The zero-order valence-corrected chi connectivity index (χ0v) is 16.8. The smallest absolute Gasteiger partial charge is 0.339 e. The Morgan fingerprint density at radius 2 is 1.71 bits per heavy atom. The Hall–Kier alpha value is -3.43. The van der Waals surface area contributed by atoms with Gasteiger partial charge in [-0.05, 0) is 31.5 Å². The van der Waals surface area contributed by atoms with Crippen molar-refractivity contribution in [3.05, 3.63) is 71.8 Å². The van der Waals surface area contributed by atoms with Gasteiger partial charge in [0.05, 0.1) is 16.7 Å². The van der Waals surface area contributed by atoms with Crippen molar-refractivity contribution in [3.8, 4) is 11.4 Å².